The first-order valence-electron chi connectivity index (χ1n) is 4.34. The molecule has 0 amide bonds. The molecule has 0 aromatic heterocycles. The summed E-state index contributed by atoms with van der Waals surface area (Å²) in [5.41, 5.74) is 0. The van der Waals surface area contributed by atoms with E-state index in [1.807, 2.05) is 0 Å². The van der Waals surface area contributed by atoms with E-state index in [4.69, 9.17) is 80.7 Å². The molecule has 1 fully saturated rings. The summed E-state index contributed by atoms with van der Waals surface area (Å²) in [6, 6.07) is 0. The van der Waals surface area contributed by atoms with E-state index in [2.05, 4.69) is 3.52 Å². The Kier molecular flexibility index (Phi) is 14.0. The van der Waals surface area contributed by atoms with Gasteiger partial charge >= 0.3 is 66.8 Å². The summed E-state index contributed by atoms with van der Waals surface area (Å²) < 4.78 is 35.2. The van der Waals surface area contributed by atoms with Gasteiger partial charge < -0.3 is 0 Å². The van der Waals surface area contributed by atoms with Gasteiger partial charge in [-0.25, -0.2) is 0 Å². The zero-order valence-corrected chi connectivity index (χ0v) is 14.5. The molecule has 0 spiro atoms. The van der Waals surface area contributed by atoms with Gasteiger partial charge in [-0.1, -0.05) is 0 Å². The molecule has 0 bridgehead atoms. The van der Waals surface area contributed by atoms with Crippen molar-refractivity contribution in [2.75, 3.05) is 0 Å². The van der Waals surface area contributed by atoms with Crippen LogP contribution >= 0.6 is 69.6 Å². The molecule has 1 aliphatic rings. The second kappa shape index (κ2) is 10.9. The van der Waals surface area contributed by atoms with Crippen LogP contribution in [0.1, 0.15) is 0 Å². The van der Waals surface area contributed by atoms with E-state index in [9.17, 15) is 4.53 Å². The molecule has 0 aromatic rings. The average molecular weight is 449 g/mol. The molecule has 112 valence electrons. The summed E-state index contributed by atoms with van der Waals surface area (Å²) in [6.45, 7) is 0. The van der Waals surface area contributed by atoms with E-state index in [0.29, 0.717) is 0 Å². The van der Waals surface area contributed by atoms with E-state index < -0.39 is 50.4 Å². The second-order valence-corrected chi connectivity index (χ2v) is 8.37. The van der Waals surface area contributed by atoms with E-state index in [-0.39, 0.29) is 29.6 Å². The Labute approximate surface area is 166 Å². The fourth-order valence-corrected chi connectivity index (χ4v) is 3.38. The van der Waals surface area contributed by atoms with Crippen molar-refractivity contribution >= 4 is 99.2 Å². The van der Waals surface area contributed by atoms with Crippen molar-refractivity contribution in [1.82, 2.24) is 0 Å². The van der Waals surface area contributed by atoms with Crippen LogP contribution in [0.2, 0.25) is 0 Å². The predicted octanol–water partition coefficient (Wildman–Crippen LogP) is 1.67. The second-order valence-electron chi connectivity index (χ2n) is 3.32. The summed E-state index contributed by atoms with van der Waals surface area (Å²) in [4.78, 5) is 0. The van der Waals surface area contributed by atoms with Crippen LogP contribution in [0, 0.1) is 0 Å². The van der Waals surface area contributed by atoms with Gasteiger partial charge in [-0.05, 0) is 0 Å². The minimum absolute atomic E-state index is 0. The summed E-state index contributed by atoms with van der Waals surface area (Å²) in [5.74, 6) is 0. The summed E-state index contributed by atoms with van der Waals surface area (Å²) >= 11 is 30.1. The first-order valence-corrected chi connectivity index (χ1v) is 9.69. The Bertz CT molecular complexity index is 206. The van der Waals surface area contributed by atoms with Gasteiger partial charge in [0, 0.05) is 0 Å². The van der Waals surface area contributed by atoms with Gasteiger partial charge in [0.25, 0.3) is 0 Å². The minimum atomic E-state index is -5.21. The fourth-order valence-electron chi connectivity index (χ4n) is 1.05. The molecule has 0 atom stereocenters. The quantitative estimate of drug-likeness (QED) is 0.422. The van der Waals surface area contributed by atoms with Gasteiger partial charge in [-0.15, -0.1) is 69.6 Å². The van der Waals surface area contributed by atoms with Crippen LogP contribution in [-0.2, 0) is 21.7 Å². The number of hydrogen-bond acceptors (Lipinski definition) is 4. The van der Waals surface area contributed by atoms with E-state index >= 15 is 0 Å². The van der Waals surface area contributed by atoms with Gasteiger partial charge in [-0.3, -0.25) is 0 Å². The fraction of sp³-hybridized carbons (Fsp3) is 1.00. The zero-order chi connectivity index (χ0) is 14.7. The standard InChI is InChI=1S/C6H6Cl6.FO.Na.3H2O.Ti.H/c7-1-2(8)4(10)6(12)5(11)3(1)9;1-2;;;;;;/h1-6H;;;3*1H2;;/q;-1;;;;;+4;/p-3/t1-,2-,3-,4+,5+,6+;;;;;;;. The predicted molar refractivity (Wildman–Crippen MR) is 73.8 cm³/mol. The van der Waals surface area contributed by atoms with Crippen LogP contribution in [0.4, 0.5) is 4.53 Å². The molecule has 13 heteroatoms. The number of rotatable bonds is 1. The number of hydrogen-bond donors (Lipinski definition) is 3. The molecule has 0 saturated heterocycles. The van der Waals surface area contributed by atoms with Crippen LogP contribution < -0.4 is 0 Å². The Hall–Kier alpha value is 3.22. The Balaban J connectivity index is 0. The maximum absolute atomic E-state index is 10.3. The van der Waals surface area contributed by atoms with Crippen molar-refractivity contribution in [2.45, 2.75) is 32.3 Å². The van der Waals surface area contributed by atoms with Crippen molar-refractivity contribution in [2.24, 2.45) is 0 Å². The van der Waals surface area contributed by atoms with Crippen molar-refractivity contribution in [3.05, 3.63) is 0 Å². The molecule has 1 rings (SSSR count). The van der Waals surface area contributed by atoms with Crippen LogP contribution in [0.25, 0.3) is 0 Å². The van der Waals surface area contributed by atoms with Gasteiger partial charge in [0.15, 0.2) is 0 Å². The topological polar surface area (TPSA) is 69.9 Å². The first-order chi connectivity index (χ1) is 8.02. The third-order valence-corrected chi connectivity index (χ3v) is 6.28. The summed E-state index contributed by atoms with van der Waals surface area (Å²) in [7, 11) is 0. The molecule has 4 nitrogen and oxygen atoms in total. The molecule has 1 saturated carbocycles. The molecule has 0 aliphatic heterocycles. The van der Waals surface area contributed by atoms with Crippen LogP contribution in [0.3, 0.4) is 0 Å². The molecule has 0 radical (unpaired) electrons. The Morgan fingerprint density at radius 2 is 0.789 bits per heavy atom. The van der Waals surface area contributed by atoms with Gasteiger partial charge in [0.05, 0.1) is 32.3 Å². The van der Waals surface area contributed by atoms with Crippen molar-refractivity contribution in [3.63, 3.8) is 0 Å². The van der Waals surface area contributed by atoms with Crippen molar-refractivity contribution < 1.29 is 37.3 Å². The molecule has 3 N–H and O–H groups in total. The van der Waals surface area contributed by atoms with Crippen molar-refractivity contribution in [1.29, 1.82) is 0 Å². The maximum atomic E-state index is 10.3. The van der Waals surface area contributed by atoms with Crippen LogP contribution in [0.15, 0.2) is 0 Å². The number of halogens is 7. The van der Waals surface area contributed by atoms with Gasteiger partial charge in [-0.2, -0.15) is 0 Å². The average Bonchev–Trinajstić information content (AvgIpc) is 2.31. The Morgan fingerprint density at radius 1 is 0.684 bits per heavy atom. The molecule has 0 aromatic carbocycles. The monoisotopic (exact) mass is 446 g/mol. The molecule has 0 unspecified atom stereocenters. The molecule has 1 aliphatic carbocycles. The van der Waals surface area contributed by atoms with Gasteiger partial charge in [0.2, 0.25) is 0 Å². The third kappa shape index (κ3) is 8.59. The SMILES string of the molecule is Cl[C@H]1[C@H](Cl)[C@@H](Cl)[C@@H](Cl)[C@H](Cl)[C@H]1Cl.[NaH].[OH][Ti]([OH])([OH])[O]F. The van der Waals surface area contributed by atoms with Crippen LogP contribution in [-0.4, -0.2) is 72.9 Å². The van der Waals surface area contributed by atoms with E-state index in [0.717, 1.165) is 0 Å². The third-order valence-electron chi connectivity index (χ3n) is 1.93. The normalized spacial score (nSPS) is 38.8. The summed E-state index contributed by atoms with van der Waals surface area (Å²) in [5, 5.41) is -2.62. The van der Waals surface area contributed by atoms with Gasteiger partial charge in [0.1, 0.15) is 0 Å². The van der Waals surface area contributed by atoms with Crippen molar-refractivity contribution in [3.8, 4) is 0 Å². The van der Waals surface area contributed by atoms with E-state index in [1.54, 1.807) is 0 Å². The Morgan fingerprint density at radius 3 is 0.842 bits per heavy atom. The number of alkyl halides is 6. The molecular weight excluding hydrogens is 439 g/mol. The van der Waals surface area contributed by atoms with Crippen LogP contribution in [0.5, 0.6) is 0 Å². The first kappa shape index (κ1) is 24.5. The zero-order valence-electron chi connectivity index (χ0n) is 8.36. The van der Waals surface area contributed by atoms with E-state index in [1.165, 1.54) is 0 Å². The molecule has 0 heterocycles. The summed E-state index contributed by atoms with van der Waals surface area (Å²) in [6.07, 6.45) is 0. The molecule has 19 heavy (non-hydrogen) atoms. The molecular formula is C6H10Cl6FNaO4Ti.